The molecule has 3 N–H and O–H groups in total. The molecule has 0 radical (unpaired) electrons. The summed E-state index contributed by atoms with van der Waals surface area (Å²) in [7, 11) is 0. The van der Waals surface area contributed by atoms with Gasteiger partial charge < -0.3 is 10.6 Å². The Morgan fingerprint density at radius 2 is 1.67 bits per heavy atom. The van der Waals surface area contributed by atoms with Crippen molar-refractivity contribution in [1.82, 2.24) is 16.0 Å². The van der Waals surface area contributed by atoms with E-state index in [1.54, 1.807) is 54.6 Å². The van der Waals surface area contributed by atoms with Crippen LogP contribution in [0.5, 0.6) is 0 Å². The second kappa shape index (κ2) is 6.72. The summed E-state index contributed by atoms with van der Waals surface area (Å²) in [4.78, 5) is 36.2. The number of benzene rings is 2. The minimum absolute atomic E-state index is 0.397. The van der Waals surface area contributed by atoms with Crippen molar-refractivity contribution in [2.45, 2.75) is 12.1 Å². The van der Waals surface area contributed by atoms with E-state index in [1.165, 1.54) is 0 Å². The topological polar surface area (TPSA) is 87.3 Å². The predicted molar refractivity (Wildman–Crippen MR) is 88.6 cm³/mol. The summed E-state index contributed by atoms with van der Waals surface area (Å²) in [5.74, 6) is -0.964. The maximum atomic E-state index is 12.3. The van der Waals surface area contributed by atoms with Crippen molar-refractivity contribution in [3.63, 3.8) is 0 Å². The van der Waals surface area contributed by atoms with E-state index in [-0.39, 0.29) is 0 Å². The molecule has 2 atom stereocenters. The van der Waals surface area contributed by atoms with E-state index >= 15 is 0 Å². The first-order valence-electron chi connectivity index (χ1n) is 7.27. The Morgan fingerprint density at radius 3 is 2.33 bits per heavy atom. The highest BCUT2D eigenvalue weighted by molar-refractivity contribution is 6.30. The molecule has 1 aliphatic heterocycles. The summed E-state index contributed by atoms with van der Waals surface area (Å²) >= 11 is 5.87. The molecule has 0 unspecified atom stereocenters. The zero-order valence-corrected chi connectivity index (χ0v) is 13.2. The molecule has 1 heterocycles. The Bertz CT molecular complexity index is 777. The van der Waals surface area contributed by atoms with Crippen LogP contribution in [-0.4, -0.2) is 23.9 Å². The zero-order valence-electron chi connectivity index (χ0n) is 12.5. The third kappa shape index (κ3) is 3.38. The second-order valence-corrected chi connectivity index (χ2v) is 5.75. The number of halogens is 1. The molecule has 0 spiro atoms. The normalized spacial score (nSPS) is 20.0. The summed E-state index contributed by atoms with van der Waals surface area (Å²) < 4.78 is 0. The zero-order chi connectivity index (χ0) is 17.1. The first kappa shape index (κ1) is 16.0. The molecule has 6 nitrogen and oxygen atoms in total. The van der Waals surface area contributed by atoms with Crippen molar-refractivity contribution >= 4 is 29.4 Å². The van der Waals surface area contributed by atoms with Crippen molar-refractivity contribution in [2.24, 2.45) is 0 Å². The molecule has 0 aliphatic carbocycles. The molecule has 4 amide bonds. The largest absolute Gasteiger partial charge is 0.338 e. The monoisotopic (exact) mass is 343 g/mol. The Labute approximate surface area is 143 Å². The number of carbonyl (C=O) groups is 3. The molecule has 24 heavy (non-hydrogen) atoms. The fraction of sp³-hybridized carbons (Fsp3) is 0.118. The molecule has 1 fully saturated rings. The molecular formula is C17H14ClN3O3. The summed E-state index contributed by atoms with van der Waals surface area (Å²) in [6.07, 6.45) is 0. The van der Waals surface area contributed by atoms with Gasteiger partial charge in [0.25, 0.3) is 11.8 Å². The van der Waals surface area contributed by atoms with Gasteiger partial charge in [-0.15, -0.1) is 0 Å². The van der Waals surface area contributed by atoms with Crippen LogP contribution in [-0.2, 0) is 4.79 Å². The van der Waals surface area contributed by atoms with Crippen molar-refractivity contribution in [2.75, 3.05) is 0 Å². The maximum absolute atomic E-state index is 12.3. The van der Waals surface area contributed by atoms with Gasteiger partial charge in [0.1, 0.15) is 6.04 Å². The molecule has 122 valence electrons. The minimum Gasteiger partial charge on any atom is -0.338 e. The number of hydrogen-bond donors (Lipinski definition) is 3. The number of carbonyl (C=O) groups excluding carboxylic acids is 3. The highest BCUT2D eigenvalue weighted by Crippen LogP contribution is 2.22. The summed E-state index contributed by atoms with van der Waals surface area (Å²) in [6.45, 7) is 0. The van der Waals surface area contributed by atoms with E-state index in [4.69, 9.17) is 11.6 Å². The Kier molecular flexibility index (Phi) is 4.48. The molecule has 1 saturated heterocycles. The standard InChI is InChI=1S/C17H14ClN3O3/c18-12-8-6-10(7-9-12)13-14(16(23)21-17(24)20-13)19-15(22)11-4-2-1-3-5-11/h1-9,13-14H,(H,19,22)(H2,20,21,23,24)/t13-,14-/m1/s1. The smallest absolute Gasteiger partial charge is 0.322 e. The minimum atomic E-state index is -0.934. The van der Waals surface area contributed by atoms with Crippen molar-refractivity contribution in [3.05, 3.63) is 70.7 Å². The van der Waals surface area contributed by atoms with Gasteiger partial charge in [-0.05, 0) is 29.8 Å². The molecule has 0 aromatic heterocycles. The number of hydrogen-bond acceptors (Lipinski definition) is 3. The van der Waals surface area contributed by atoms with Crippen LogP contribution in [0.4, 0.5) is 4.79 Å². The van der Waals surface area contributed by atoms with Crippen LogP contribution in [0, 0.1) is 0 Å². The Balaban J connectivity index is 1.87. The van der Waals surface area contributed by atoms with Gasteiger partial charge in [0.2, 0.25) is 0 Å². The van der Waals surface area contributed by atoms with Gasteiger partial charge in [-0.2, -0.15) is 0 Å². The summed E-state index contributed by atoms with van der Waals surface area (Å²) in [5.41, 5.74) is 1.10. The molecule has 0 saturated carbocycles. The van der Waals surface area contributed by atoms with E-state index in [1.807, 2.05) is 0 Å². The fourth-order valence-electron chi connectivity index (χ4n) is 2.51. The number of imide groups is 1. The fourth-order valence-corrected chi connectivity index (χ4v) is 2.64. The molecule has 0 bridgehead atoms. The SMILES string of the molecule is O=C1NC(=O)[C@H](NC(=O)c2ccccc2)[C@@H](c2ccc(Cl)cc2)N1. The van der Waals surface area contributed by atoms with Gasteiger partial charge in [0, 0.05) is 10.6 Å². The van der Waals surface area contributed by atoms with Crippen LogP contribution in [0.2, 0.25) is 5.02 Å². The van der Waals surface area contributed by atoms with E-state index in [2.05, 4.69) is 16.0 Å². The highest BCUT2D eigenvalue weighted by atomic mass is 35.5. The lowest BCUT2D eigenvalue weighted by molar-refractivity contribution is -0.123. The Hall–Kier alpha value is -2.86. The second-order valence-electron chi connectivity index (χ2n) is 5.31. The Morgan fingerprint density at radius 1 is 1.00 bits per heavy atom. The lowest BCUT2D eigenvalue weighted by atomic mass is 9.96. The molecule has 3 rings (SSSR count). The molecule has 2 aromatic rings. The quantitative estimate of drug-likeness (QED) is 0.796. The van der Waals surface area contributed by atoms with Gasteiger partial charge in [-0.1, -0.05) is 41.9 Å². The number of rotatable bonds is 3. The maximum Gasteiger partial charge on any atom is 0.322 e. The van der Waals surface area contributed by atoms with Crippen molar-refractivity contribution in [3.8, 4) is 0 Å². The number of nitrogens with one attached hydrogen (secondary N) is 3. The van der Waals surface area contributed by atoms with Crippen molar-refractivity contribution in [1.29, 1.82) is 0 Å². The lowest BCUT2D eigenvalue weighted by Gasteiger charge is -2.32. The highest BCUT2D eigenvalue weighted by Gasteiger charge is 2.37. The van der Waals surface area contributed by atoms with Gasteiger partial charge in [0.15, 0.2) is 0 Å². The van der Waals surface area contributed by atoms with Crippen molar-refractivity contribution < 1.29 is 14.4 Å². The van der Waals surface area contributed by atoms with Gasteiger partial charge >= 0.3 is 6.03 Å². The van der Waals surface area contributed by atoms with Crippen LogP contribution in [0.15, 0.2) is 54.6 Å². The molecule has 2 aromatic carbocycles. The van der Waals surface area contributed by atoms with E-state index in [0.717, 1.165) is 0 Å². The first-order chi connectivity index (χ1) is 11.5. The summed E-state index contributed by atoms with van der Waals surface area (Å²) in [6, 6.07) is 13.0. The first-order valence-corrected chi connectivity index (χ1v) is 7.65. The van der Waals surface area contributed by atoms with Crippen LogP contribution >= 0.6 is 11.6 Å². The number of amides is 4. The average Bonchev–Trinajstić information content (AvgIpc) is 2.58. The van der Waals surface area contributed by atoms with Crippen LogP contribution < -0.4 is 16.0 Å². The van der Waals surface area contributed by atoms with Gasteiger partial charge in [0.05, 0.1) is 6.04 Å². The van der Waals surface area contributed by atoms with Crippen LogP contribution in [0.3, 0.4) is 0 Å². The molecular weight excluding hydrogens is 330 g/mol. The molecule has 1 aliphatic rings. The third-order valence-electron chi connectivity index (χ3n) is 3.69. The predicted octanol–water partition coefficient (Wildman–Crippen LogP) is 2.02. The van der Waals surface area contributed by atoms with E-state index < -0.39 is 29.9 Å². The number of urea groups is 1. The molecule has 7 heteroatoms. The van der Waals surface area contributed by atoms with Crippen LogP contribution in [0.1, 0.15) is 22.0 Å². The third-order valence-corrected chi connectivity index (χ3v) is 3.94. The average molecular weight is 344 g/mol. The van der Waals surface area contributed by atoms with Crippen LogP contribution in [0.25, 0.3) is 0 Å². The van der Waals surface area contributed by atoms with Gasteiger partial charge in [-0.25, -0.2) is 4.79 Å². The summed E-state index contributed by atoms with van der Waals surface area (Å²) in [5, 5.41) is 8.04. The van der Waals surface area contributed by atoms with Gasteiger partial charge in [-0.3, -0.25) is 14.9 Å². The van der Waals surface area contributed by atoms with E-state index in [9.17, 15) is 14.4 Å². The lowest BCUT2D eigenvalue weighted by Crippen LogP contribution is -2.62. The van der Waals surface area contributed by atoms with E-state index in [0.29, 0.717) is 16.1 Å².